The predicted molar refractivity (Wildman–Crippen MR) is 63.6 cm³/mol. The molecule has 0 bridgehead atoms. The molecule has 0 fully saturated rings. The predicted octanol–water partition coefficient (Wildman–Crippen LogP) is 1.62. The number of carbonyl (C=O) groups is 1. The largest absolute Gasteiger partial charge is 0.481 e. The van der Waals surface area contributed by atoms with Crippen LogP contribution in [0.3, 0.4) is 0 Å². The lowest BCUT2D eigenvalue weighted by Crippen LogP contribution is -2.26. The van der Waals surface area contributed by atoms with Gasteiger partial charge in [0.1, 0.15) is 5.52 Å². The van der Waals surface area contributed by atoms with Gasteiger partial charge in [0.15, 0.2) is 0 Å². The third-order valence-corrected chi connectivity index (χ3v) is 2.90. The SMILES string of the molecule is Cn1nnc2ccc(CC(C)(C)C(=O)O)cc21. The summed E-state index contributed by atoms with van der Waals surface area (Å²) in [6.07, 6.45) is 0.490. The Morgan fingerprint density at radius 3 is 2.82 bits per heavy atom. The zero-order chi connectivity index (χ0) is 12.6. The second-order valence-electron chi connectivity index (χ2n) is 4.90. The van der Waals surface area contributed by atoms with Gasteiger partial charge in [-0.05, 0) is 38.0 Å². The fraction of sp³-hybridized carbons (Fsp3) is 0.417. The van der Waals surface area contributed by atoms with E-state index in [9.17, 15) is 4.79 Å². The van der Waals surface area contributed by atoms with Crippen molar-refractivity contribution in [1.82, 2.24) is 15.0 Å². The average Bonchev–Trinajstić information content (AvgIpc) is 2.60. The van der Waals surface area contributed by atoms with Gasteiger partial charge in [-0.3, -0.25) is 4.79 Å². The van der Waals surface area contributed by atoms with Crippen LogP contribution in [0.25, 0.3) is 11.0 Å². The molecular formula is C12H15N3O2. The first-order valence-corrected chi connectivity index (χ1v) is 5.42. The smallest absolute Gasteiger partial charge is 0.309 e. The highest BCUT2D eigenvalue weighted by atomic mass is 16.4. The Kier molecular flexibility index (Phi) is 2.61. The average molecular weight is 233 g/mol. The highest BCUT2D eigenvalue weighted by Crippen LogP contribution is 2.23. The summed E-state index contributed by atoms with van der Waals surface area (Å²) in [6.45, 7) is 3.45. The van der Waals surface area contributed by atoms with E-state index < -0.39 is 11.4 Å². The number of aliphatic carboxylic acids is 1. The van der Waals surface area contributed by atoms with Crippen molar-refractivity contribution in [3.8, 4) is 0 Å². The van der Waals surface area contributed by atoms with Crippen molar-refractivity contribution >= 4 is 17.0 Å². The minimum atomic E-state index is -0.791. The van der Waals surface area contributed by atoms with Crippen molar-refractivity contribution in [3.05, 3.63) is 23.8 Å². The van der Waals surface area contributed by atoms with Gasteiger partial charge in [0.2, 0.25) is 0 Å². The number of fused-ring (bicyclic) bond motifs is 1. The van der Waals surface area contributed by atoms with Crippen molar-refractivity contribution in [3.63, 3.8) is 0 Å². The van der Waals surface area contributed by atoms with Crippen molar-refractivity contribution in [2.75, 3.05) is 0 Å². The topological polar surface area (TPSA) is 68.0 Å². The molecule has 0 saturated heterocycles. The third kappa shape index (κ3) is 2.13. The van der Waals surface area contributed by atoms with E-state index in [4.69, 9.17) is 5.11 Å². The molecule has 1 N–H and O–H groups in total. The summed E-state index contributed by atoms with van der Waals surface area (Å²) < 4.78 is 1.69. The monoisotopic (exact) mass is 233 g/mol. The molecule has 0 aliphatic rings. The van der Waals surface area contributed by atoms with Crippen molar-refractivity contribution in [1.29, 1.82) is 0 Å². The molecule has 2 rings (SSSR count). The molecule has 17 heavy (non-hydrogen) atoms. The number of hydrogen-bond acceptors (Lipinski definition) is 3. The minimum absolute atomic E-state index is 0.490. The summed E-state index contributed by atoms with van der Waals surface area (Å²) in [7, 11) is 1.82. The summed E-state index contributed by atoms with van der Waals surface area (Å²) in [5.74, 6) is -0.791. The van der Waals surface area contributed by atoms with Crippen molar-refractivity contribution in [2.24, 2.45) is 12.5 Å². The van der Waals surface area contributed by atoms with Gasteiger partial charge in [0, 0.05) is 7.05 Å². The Balaban J connectivity index is 2.37. The Morgan fingerprint density at radius 2 is 2.18 bits per heavy atom. The van der Waals surface area contributed by atoms with E-state index in [2.05, 4.69) is 10.3 Å². The quantitative estimate of drug-likeness (QED) is 0.874. The molecule has 0 amide bonds. The molecule has 0 aliphatic carbocycles. The molecule has 1 aromatic carbocycles. The molecule has 2 aromatic rings. The van der Waals surface area contributed by atoms with E-state index in [0.717, 1.165) is 16.6 Å². The summed E-state index contributed by atoms with van der Waals surface area (Å²) in [5.41, 5.74) is 1.96. The lowest BCUT2D eigenvalue weighted by atomic mass is 9.86. The zero-order valence-corrected chi connectivity index (χ0v) is 10.1. The number of aromatic nitrogens is 3. The van der Waals surface area contributed by atoms with Gasteiger partial charge in [0.05, 0.1) is 10.9 Å². The van der Waals surface area contributed by atoms with Crippen LogP contribution in [0.4, 0.5) is 0 Å². The number of rotatable bonds is 3. The minimum Gasteiger partial charge on any atom is -0.481 e. The van der Waals surface area contributed by atoms with Crippen LogP contribution in [0.15, 0.2) is 18.2 Å². The second-order valence-corrected chi connectivity index (χ2v) is 4.90. The maximum atomic E-state index is 11.1. The van der Waals surface area contributed by atoms with Crippen LogP contribution >= 0.6 is 0 Å². The maximum Gasteiger partial charge on any atom is 0.309 e. The number of benzene rings is 1. The molecule has 0 saturated carbocycles. The Morgan fingerprint density at radius 1 is 1.47 bits per heavy atom. The van der Waals surface area contributed by atoms with Crippen LogP contribution in [0.1, 0.15) is 19.4 Å². The number of carboxylic acid groups (broad SMARTS) is 1. The Bertz CT molecular complexity index is 572. The summed E-state index contributed by atoms with van der Waals surface area (Å²) in [4.78, 5) is 11.1. The fourth-order valence-electron chi connectivity index (χ4n) is 1.77. The van der Waals surface area contributed by atoms with Crippen LogP contribution in [0.2, 0.25) is 0 Å². The fourth-order valence-corrected chi connectivity index (χ4v) is 1.77. The lowest BCUT2D eigenvalue weighted by molar-refractivity contribution is -0.146. The molecular weight excluding hydrogens is 218 g/mol. The molecule has 0 radical (unpaired) electrons. The summed E-state index contributed by atoms with van der Waals surface area (Å²) in [5, 5.41) is 17.0. The second kappa shape index (κ2) is 3.84. The highest BCUT2D eigenvalue weighted by molar-refractivity contribution is 5.76. The van der Waals surface area contributed by atoms with Crippen molar-refractivity contribution < 1.29 is 9.90 Å². The molecule has 0 aliphatic heterocycles. The summed E-state index contributed by atoms with van der Waals surface area (Å²) in [6, 6.07) is 5.72. The van der Waals surface area contributed by atoms with Gasteiger partial charge in [0.25, 0.3) is 0 Å². The molecule has 90 valence electrons. The molecule has 1 aromatic heterocycles. The molecule has 5 heteroatoms. The first-order valence-electron chi connectivity index (χ1n) is 5.42. The van der Waals surface area contributed by atoms with Crippen LogP contribution in [0.5, 0.6) is 0 Å². The van der Waals surface area contributed by atoms with E-state index in [1.54, 1.807) is 18.5 Å². The molecule has 5 nitrogen and oxygen atoms in total. The number of nitrogens with zero attached hydrogens (tertiary/aromatic N) is 3. The van der Waals surface area contributed by atoms with Crippen LogP contribution in [0, 0.1) is 5.41 Å². The van der Waals surface area contributed by atoms with E-state index in [1.807, 2.05) is 25.2 Å². The van der Waals surface area contributed by atoms with Crippen LogP contribution < -0.4 is 0 Å². The van der Waals surface area contributed by atoms with Gasteiger partial charge in [-0.15, -0.1) is 5.10 Å². The number of aryl methyl sites for hydroxylation is 1. The first kappa shape index (κ1) is 11.6. The lowest BCUT2D eigenvalue weighted by Gasteiger charge is -2.18. The van der Waals surface area contributed by atoms with Crippen LogP contribution in [-0.4, -0.2) is 26.1 Å². The molecule has 0 atom stereocenters. The van der Waals surface area contributed by atoms with Gasteiger partial charge < -0.3 is 5.11 Å². The highest BCUT2D eigenvalue weighted by Gasteiger charge is 2.27. The van der Waals surface area contributed by atoms with Crippen LogP contribution in [-0.2, 0) is 18.3 Å². The Hall–Kier alpha value is -1.91. The zero-order valence-electron chi connectivity index (χ0n) is 10.1. The molecule has 1 heterocycles. The van der Waals surface area contributed by atoms with E-state index >= 15 is 0 Å². The molecule has 0 unspecified atom stereocenters. The maximum absolute atomic E-state index is 11.1. The normalized spacial score (nSPS) is 11.9. The number of carboxylic acids is 1. The number of hydrogen-bond donors (Lipinski definition) is 1. The van der Waals surface area contributed by atoms with Gasteiger partial charge in [-0.1, -0.05) is 11.3 Å². The van der Waals surface area contributed by atoms with E-state index in [-0.39, 0.29) is 0 Å². The standard InChI is InChI=1S/C12H15N3O2/c1-12(2,11(16)17)7-8-4-5-9-10(6-8)15(3)14-13-9/h4-6H,7H2,1-3H3,(H,16,17). The third-order valence-electron chi connectivity index (χ3n) is 2.90. The van der Waals surface area contributed by atoms with Gasteiger partial charge >= 0.3 is 5.97 Å². The van der Waals surface area contributed by atoms with E-state index in [1.165, 1.54) is 0 Å². The Labute approximate surface area is 99.1 Å². The first-order chi connectivity index (χ1) is 7.90. The van der Waals surface area contributed by atoms with E-state index in [0.29, 0.717) is 6.42 Å². The van der Waals surface area contributed by atoms with Gasteiger partial charge in [-0.2, -0.15) is 0 Å². The van der Waals surface area contributed by atoms with Crippen molar-refractivity contribution in [2.45, 2.75) is 20.3 Å². The molecule has 0 spiro atoms. The van der Waals surface area contributed by atoms with Gasteiger partial charge in [-0.25, -0.2) is 4.68 Å². The summed E-state index contributed by atoms with van der Waals surface area (Å²) >= 11 is 0.